The number of pyridine rings is 2. The maximum atomic E-state index is 13.8. The molecule has 1 aliphatic rings. The van der Waals surface area contributed by atoms with E-state index in [1.807, 2.05) is 0 Å². The third kappa shape index (κ3) is 3.65. The minimum absolute atomic E-state index is 0.110. The average Bonchev–Trinajstić information content (AvgIpc) is 2.70. The van der Waals surface area contributed by atoms with Crippen LogP contribution in [0.15, 0.2) is 40.1 Å². The van der Waals surface area contributed by atoms with Crippen molar-refractivity contribution >= 4 is 33.4 Å². The van der Waals surface area contributed by atoms with Crippen LogP contribution in [0.2, 0.25) is 0 Å². The number of nitrogens with zero attached hydrogens (tertiary/aromatic N) is 1. The zero-order chi connectivity index (χ0) is 21.4. The van der Waals surface area contributed by atoms with E-state index in [9.17, 15) is 23.6 Å². The number of carbonyl (C=O) groups excluding carboxylic acids is 2. The monoisotopic (exact) mass is 412 g/mol. The van der Waals surface area contributed by atoms with E-state index in [1.54, 1.807) is 6.07 Å². The first-order valence-electron chi connectivity index (χ1n) is 9.88. The predicted molar refractivity (Wildman–Crippen MR) is 109 cm³/mol. The molecule has 8 heteroatoms. The van der Waals surface area contributed by atoms with Crippen molar-refractivity contribution in [3.8, 4) is 0 Å². The number of benzene rings is 1. The highest BCUT2D eigenvalue weighted by Crippen LogP contribution is 2.28. The van der Waals surface area contributed by atoms with Crippen LogP contribution in [-0.4, -0.2) is 27.4 Å². The lowest BCUT2D eigenvalue weighted by atomic mass is 9.84. The maximum Gasteiger partial charge on any atom is 0.302 e. The largest absolute Gasteiger partial charge is 0.463 e. The van der Waals surface area contributed by atoms with Gasteiger partial charge in [0.05, 0.1) is 17.4 Å². The number of ether oxygens (including phenoxy) is 1. The Morgan fingerprint density at radius 1 is 1.13 bits per heavy atom. The standard InChI is InChI=1S/C22H21FN2O5/c1-12(26)30-15-5-2-13(3-6-15)19(27)11-25-18-8-9-24-21(28)20(18)17-10-14(23)4-7-16(17)22(25)29/h4,7-10,13,15H,2-3,5-6,11H2,1H3,(H,24,28). The summed E-state index contributed by atoms with van der Waals surface area (Å²) in [7, 11) is 0. The Hall–Kier alpha value is -3.29. The Morgan fingerprint density at radius 3 is 2.57 bits per heavy atom. The van der Waals surface area contributed by atoms with Gasteiger partial charge in [-0.3, -0.25) is 19.2 Å². The van der Waals surface area contributed by atoms with Gasteiger partial charge in [0.15, 0.2) is 5.78 Å². The zero-order valence-electron chi connectivity index (χ0n) is 16.4. The molecule has 0 unspecified atom stereocenters. The van der Waals surface area contributed by atoms with Gasteiger partial charge in [-0.25, -0.2) is 4.39 Å². The summed E-state index contributed by atoms with van der Waals surface area (Å²) in [4.78, 5) is 52.1. The lowest BCUT2D eigenvalue weighted by Crippen LogP contribution is -2.32. The molecule has 0 aliphatic heterocycles. The van der Waals surface area contributed by atoms with Crippen LogP contribution in [-0.2, 0) is 20.9 Å². The van der Waals surface area contributed by atoms with Crippen LogP contribution in [0.4, 0.5) is 4.39 Å². The summed E-state index contributed by atoms with van der Waals surface area (Å²) in [5.41, 5.74) is -0.597. The van der Waals surface area contributed by atoms with Crippen molar-refractivity contribution < 1.29 is 18.7 Å². The van der Waals surface area contributed by atoms with Crippen LogP contribution in [0.5, 0.6) is 0 Å². The van der Waals surface area contributed by atoms with E-state index >= 15 is 0 Å². The van der Waals surface area contributed by atoms with Gasteiger partial charge < -0.3 is 14.3 Å². The SMILES string of the molecule is CC(=O)OC1CCC(C(=O)Cn2c(=O)c3ccc(F)cc3c3c(=O)[nH]ccc32)CC1. The number of nitrogens with one attached hydrogen (secondary N) is 1. The molecule has 1 saturated carbocycles. The smallest absolute Gasteiger partial charge is 0.302 e. The second kappa shape index (κ2) is 7.85. The molecule has 0 bridgehead atoms. The number of rotatable bonds is 4. The number of halogens is 1. The molecular formula is C22H21FN2O5. The Labute approximate surface area is 170 Å². The summed E-state index contributed by atoms with van der Waals surface area (Å²) >= 11 is 0. The van der Waals surface area contributed by atoms with Gasteiger partial charge in [-0.2, -0.15) is 0 Å². The molecule has 0 saturated heterocycles. The van der Waals surface area contributed by atoms with E-state index < -0.39 is 16.9 Å². The Bertz CT molecular complexity index is 1270. The molecule has 7 nitrogen and oxygen atoms in total. The molecule has 2 aromatic heterocycles. The quantitative estimate of drug-likeness (QED) is 0.525. The third-order valence-corrected chi connectivity index (χ3v) is 5.73. The maximum absolute atomic E-state index is 13.8. The van der Waals surface area contributed by atoms with Gasteiger partial charge in [0, 0.05) is 29.8 Å². The highest BCUT2D eigenvalue weighted by atomic mass is 19.1. The fourth-order valence-corrected chi connectivity index (χ4v) is 4.30. The van der Waals surface area contributed by atoms with E-state index in [2.05, 4.69) is 4.98 Å². The van der Waals surface area contributed by atoms with Crippen molar-refractivity contribution in [1.29, 1.82) is 0 Å². The van der Waals surface area contributed by atoms with Crippen LogP contribution >= 0.6 is 0 Å². The number of H-pyrrole nitrogens is 1. The molecule has 156 valence electrons. The molecule has 0 atom stereocenters. The Kier molecular flexibility index (Phi) is 5.24. The predicted octanol–water partition coefficient (Wildman–Crippen LogP) is 2.67. The molecule has 0 spiro atoms. The summed E-state index contributed by atoms with van der Waals surface area (Å²) < 4.78 is 20.3. The number of ketones is 1. The summed E-state index contributed by atoms with van der Waals surface area (Å²) in [5.74, 6) is -1.24. The average molecular weight is 412 g/mol. The first-order chi connectivity index (χ1) is 14.3. The molecule has 30 heavy (non-hydrogen) atoms. The van der Waals surface area contributed by atoms with Gasteiger partial charge in [0.25, 0.3) is 11.1 Å². The van der Waals surface area contributed by atoms with E-state index in [0.717, 1.165) is 12.1 Å². The number of hydrogen-bond donors (Lipinski definition) is 1. The second-order valence-electron chi connectivity index (χ2n) is 7.70. The van der Waals surface area contributed by atoms with Crippen LogP contribution in [0.3, 0.4) is 0 Å². The number of hydrogen-bond acceptors (Lipinski definition) is 5. The van der Waals surface area contributed by atoms with E-state index in [4.69, 9.17) is 4.74 Å². The van der Waals surface area contributed by atoms with Crippen molar-refractivity contribution in [2.45, 2.75) is 45.3 Å². The molecule has 0 amide bonds. The van der Waals surface area contributed by atoms with E-state index in [-0.39, 0.29) is 46.5 Å². The highest BCUT2D eigenvalue weighted by Gasteiger charge is 2.28. The topological polar surface area (TPSA) is 98.2 Å². The molecule has 1 N–H and O–H groups in total. The molecule has 3 aromatic rings. The van der Waals surface area contributed by atoms with Crippen molar-refractivity contribution in [2.75, 3.05) is 0 Å². The highest BCUT2D eigenvalue weighted by molar-refractivity contribution is 6.05. The summed E-state index contributed by atoms with van der Waals surface area (Å²) in [6, 6.07) is 5.21. The van der Waals surface area contributed by atoms with Crippen molar-refractivity contribution in [2.24, 2.45) is 5.92 Å². The number of carbonyl (C=O) groups is 2. The molecule has 4 rings (SSSR count). The summed E-state index contributed by atoms with van der Waals surface area (Å²) in [6.07, 6.45) is 3.57. The van der Waals surface area contributed by atoms with Gasteiger partial charge in [0.1, 0.15) is 11.9 Å². The first-order valence-corrected chi connectivity index (χ1v) is 9.88. The number of aromatic nitrogens is 2. The van der Waals surface area contributed by atoms with Gasteiger partial charge >= 0.3 is 5.97 Å². The fraction of sp³-hybridized carbons (Fsp3) is 0.364. The molecule has 2 heterocycles. The van der Waals surface area contributed by atoms with Gasteiger partial charge in [-0.15, -0.1) is 0 Å². The van der Waals surface area contributed by atoms with E-state index in [1.165, 1.54) is 23.8 Å². The van der Waals surface area contributed by atoms with Crippen LogP contribution in [0, 0.1) is 11.7 Å². The van der Waals surface area contributed by atoms with Crippen molar-refractivity contribution in [3.05, 3.63) is 57.0 Å². The minimum Gasteiger partial charge on any atom is -0.463 e. The molecule has 1 aliphatic carbocycles. The van der Waals surface area contributed by atoms with Gasteiger partial charge in [-0.05, 0) is 49.9 Å². The Morgan fingerprint density at radius 2 is 1.87 bits per heavy atom. The molecule has 0 radical (unpaired) electrons. The van der Waals surface area contributed by atoms with Gasteiger partial charge in [-0.1, -0.05) is 0 Å². The van der Waals surface area contributed by atoms with Crippen LogP contribution in [0.25, 0.3) is 21.7 Å². The summed E-state index contributed by atoms with van der Waals surface area (Å²) in [5, 5.41) is 0.590. The molecule has 1 aromatic carbocycles. The second-order valence-corrected chi connectivity index (χ2v) is 7.70. The van der Waals surface area contributed by atoms with E-state index in [0.29, 0.717) is 31.2 Å². The van der Waals surface area contributed by atoms with Crippen LogP contribution < -0.4 is 11.1 Å². The third-order valence-electron chi connectivity index (χ3n) is 5.73. The van der Waals surface area contributed by atoms with Gasteiger partial charge in [0.2, 0.25) is 0 Å². The number of Topliss-reactive ketones (excluding diaryl/α,β-unsaturated/α-hetero) is 1. The molecular weight excluding hydrogens is 391 g/mol. The Balaban J connectivity index is 1.70. The first kappa shape index (κ1) is 20.0. The summed E-state index contributed by atoms with van der Waals surface area (Å²) in [6.45, 7) is 1.19. The molecule has 1 fully saturated rings. The fourth-order valence-electron chi connectivity index (χ4n) is 4.30. The lowest BCUT2D eigenvalue weighted by molar-refractivity contribution is -0.148. The lowest BCUT2D eigenvalue weighted by Gasteiger charge is -2.27. The number of fused-ring (bicyclic) bond motifs is 3. The van der Waals surface area contributed by atoms with Crippen LogP contribution in [0.1, 0.15) is 32.6 Å². The minimum atomic E-state index is -0.551. The van der Waals surface area contributed by atoms with Crippen molar-refractivity contribution in [3.63, 3.8) is 0 Å². The van der Waals surface area contributed by atoms with Crippen molar-refractivity contribution in [1.82, 2.24) is 9.55 Å². The normalized spacial score (nSPS) is 19.1. The number of aromatic amines is 1. The number of esters is 1. The zero-order valence-corrected chi connectivity index (χ0v) is 16.4.